The molecule has 0 saturated heterocycles. The molecule has 0 aromatic carbocycles. The summed E-state index contributed by atoms with van der Waals surface area (Å²) in [4.78, 5) is 0. The zero-order valence-corrected chi connectivity index (χ0v) is 13.8. The van der Waals surface area contributed by atoms with E-state index in [0.717, 1.165) is 40.6 Å². The smallest absolute Gasteiger partial charge is 0.0741 e. The SMILES string of the molecule is CCC(CC)n1cc(-c2cc(-c3cn[nH]c3)cn3nccc23)cn1. The van der Waals surface area contributed by atoms with Crippen molar-refractivity contribution >= 4 is 5.52 Å². The summed E-state index contributed by atoms with van der Waals surface area (Å²) in [7, 11) is 0. The Hall–Kier alpha value is -2.89. The van der Waals surface area contributed by atoms with Gasteiger partial charge in [0.1, 0.15) is 0 Å². The van der Waals surface area contributed by atoms with Crippen molar-refractivity contribution in [1.29, 1.82) is 0 Å². The average molecular weight is 320 g/mol. The summed E-state index contributed by atoms with van der Waals surface area (Å²) < 4.78 is 3.98. The molecular weight excluding hydrogens is 300 g/mol. The second-order valence-electron chi connectivity index (χ2n) is 5.97. The van der Waals surface area contributed by atoms with E-state index in [0.29, 0.717) is 6.04 Å². The molecular formula is C18H20N6. The monoisotopic (exact) mass is 320 g/mol. The molecule has 0 aliphatic carbocycles. The largest absolute Gasteiger partial charge is 0.285 e. The number of nitrogens with one attached hydrogen (secondary N) is 1. The van der Waals surface area contributed by atoms with Crippen molar-refractivity contribution in [2.24, 2.45) is 0 Å². The topological polar surface area (TPSA) is 63.8 Å². The molecule has 0 unspecified atom stereocenters. The fourth-order valence-electron chi connectivity index (χ4n) is 3.17. The molecule has 4 aromatic heterocycles. The van der Waals surface area contributed by atoms with Gasteiger partial charge in [0.05, 0.1) is 24.0 Å². The number of pyridine rings is 1. The van der Waals surface area contributed by atoms with Crippen molar-refractivity contribution in [2.75, 3.05) is 0 Å². The van der Waals surface area contributed by atoms with E-state index < -0.39 is 0 Å². The summed E-state index contributed by atoms with van der Waals surface area (Å²) in [6.07, 6.45) is 13.8. The number of hydrogen-bond acceptors (Lipinski definition) is 3. The van der Waals surface area contributed by atoms with E-state index in [9.17, 15) is 0 Å². The van der Waals surface area contributed by atoms with Crippen LogP contribution >= 0.6 is 0 Å². The van der Waals surface area contributed by atoms with Crippen molar-refractivity contribution < 1.29 is 0 Å². The molecule has 6 nitrogen and oxygen atoms in total. The highest BCUT2D eigenvalue weighted by Crippen LogP contribution is 2.30. The van der Waals surface area contributed by atoms with Gasteiger partial charge in [0.15, 0.2) is 0 Å². The first-order valence-corrected chi connectivity index (χ1v) is 8.31. The number of H-pyrrole nitrogens is 1. The average Bonchev–Trinajstić information content (AvgIpc) is 3.35. The summed E-state index contributed by atoms with van der Waals surface area (Å²) in [5.74, 6) is 0. The van der Waals surface area contributed by atoms with Gasteiger partial charge in [0.2, 0.25) is 0 Å². The number of aromatic amines is 1. The number of nitrogens with zero attached hydrogens (tertiary/aromatic N) is 5. The molecule has 4 aromatic rings. The van der Waals surface area contributed by atoms with E-state index in [1.165, 1.54) is 0 Å². The number of aromatic nitrogens is 6. The summed E-state index contributed by atoms with van der Waals surface area (Å²) in [5.41, 5.74) is 5.43. The third-order valence-electron chi connectivity index (χ3n) is 4.57. The van der Waals surface area contributed by atoms with Gasteiger partial charge in [-0.2, -0.15) is 15.3 Å². The van der Waals surface area contributed by atoms with Crippen LogP contribution in [0, 0.1) is 0 Å². The van der Waals surface area contributed by atoms with Gasteiger partial charge in [-0.1, -0.05) is 13.8 Å². The van der Waals surface area contributed by atoms with Crippen LogP contribution in [-0.4, -0.2) is 29.6 Å². The van der Waals surface area contributed by atoms with E-state index in [-0.39, 0.29) is 0 Å². The molecule has 0 aliphatic heterocycles. The number of fused-ring (bicyclic) bond motifs is 1. The molecule has 122 valence electrons. The zero-order valence-electron chi connectivity index (χ0n) is 13.8. The highest BCUT2D eigenvalue weighted by Gasteiger charge is 2.13. The van der Waals surface area contributed by atoms with Crippen molar-refractivity contribution in [3.63, 3.8) is 0 Å². The predicted molar refractivity (Wildman–Crippen MR) is 93.6 cm³/mol. The molecule has 4 heterocycles. The molecule has 4 rings (SSSR count). The molecule has 0 radical (unpaired) electrons. The lowest BCUT2D eigenvalue weighted by Gasteiger charge is -2.12. The van der Waals surface area contributed by atoms with Gasteiger partial charge in [0.25, 0.3) is 0 Å². The van der Waals surface area contributed by atoms with Gasteiger partial charge in [-0.25, -0.2) is 4.52 Å². The van der Waals surface area contributed by atoms with Gasteiger partial charge < -0.3 is 0 Å². The maximum atomic E-state index is 4.59. The zero-order chi connectivity index (χ0) is 16.5. The Labute approximate surface area is 140 Å². The van der Waals surface area contributed by atoms with Crippen LogP contribution in [0.4, 0.5) is 0 Å². The molecule has 0 saturated carbocycles. The lowest BCUT2D eigenvalue weighted by Crippen LogP contribution is -2.06. The molecule has 0 spiro atoms. The minimum absolute atomic E-state index is 0.441. The molecule has 0 fully saturated rings. The second-order valence-corrected chi connectivity index (χ2v) is 5.97. The summed E-state index contributed by atoms with van der Waals surface area (Å²) in [5, 5.41) is 15.9. The van der Waals surface area contributed by atoms with Gasteiger partial charge >= 0.3 is 0 Å². The van der Waals surface area contributed by atoms with Crippen LogP contribution in [0.2, 0.25) is 0 Å². The van der Waals surface area contributed by atoms with Crippen LogP contribution in [0.15, 0.2) is 49.3 Å². The Morgan fingerprint density at radius 2 is 1.92 bits per heavy atom. The standard InChI is InChI=1S/C18H20N6/c1-3-16(4-2)23-12-15(10-22-23)17-7-13(14-8-19-20-9-14)11-24-18(17)5-6-21-24/h5-12,16H,3-4H2,1-2H3,(H,19,20). The maximum Gasteiger partial charge on any atom is 0.0741 e. The minimum Gasteiger partial charge on any atom is -0.285 e. The fourth-order valence-corrected chi connectivity index (χ4v) is 3.17. The van der Waals surface area contributed by atoms with Crippen molar-refractivity contribution in [1.82, 2.24) is 29.6 Å². The predicted octanol–water partition coefficient (Wildman–Crippen LogP) is 3.95. The lowest BCUT2D eigenvalue weighted by molar-refractivity contribution is 0.428. The number of hydrogen-bond donors (Lipinski definition) is 1. The van der Waals surface area contributed by atoms with Gasteiger partial charge in [-0.15, -0.1) is 0 Å². The molecule has 0 aliphatic rings. The second kappa shape index (κ2) is 5.96. The molecule has 6 heteroatoms. The first-order chi connectivity index (χ1) is 11.8. The Kier molecular flexibility index (Phi) is 3.65. The van der Waals surface area contributed by atoms with E-state index in [2.05, 4.69) is 51.2 Å². The van der Waals surface area contributed by atoms with E-state index in [1.54, 1.807) is 0 Å². The Bertz CT molecular complexity index is 943. The van der Waals surface area contributed by atoms with Crippen LogP contribution in [-0.2, 0) is 0 Å². The number of rotatable bonds is 5. The van der Waals surface area contributed by atoms with Crippen LogP contribution in [0.25, 0.3) is 27.8 Å². The van der Waals surface area contributed by atoms with Crippen LogP contribution in [0.5, 0.6) is 0 Å². The maximum absolute atomic E-state index is 4.59. The summed E-state index contributed by atoms with van der Waals surface area (Å²) >= 11 is 0. The van der Waals surface area contributed by atoms with Gasteiger partial charge in [-0.3, -0.25) is 9.78 Å². The quantitative estimate of drug-likeness (QED) is 0.605. The van der Waals surface area contributed by atoms with E-state index in [4.69, 9.17) is 0 Å². The Morgan fingerprint density at radius 3 is 2.67 bits per heavy atom. The first-order valence-electron chi connectivity index (χ1n) is 8.31. The highest BCUT2D eigenvalue weighted by molar-refractivity contribution is 5.83. The third kappa shape index (κ3) is 2.40. The highest BCUT2D eigenvalue weighted by atomic mass is 15.3. The van der Waals surface area contributed by atoms with Gasteiger partial charge in [0, 0.05) is 47.0 Å². The molecule has 24 heavy (non-hydrogen) atoms. The van der Waals surface area contributed by atoms with Crippen LogP contribution in [0.1, 0.15) is 32.7 Å². The fraction of sp³-hybridized carbons (Fsp3) is 0.278. The van der Waals surface area contributed by atoms with Crippen molar-refractivity contribution in [3.05, 3.63) is 49.3 Å². The molecule has 0 atom stereocenters. The van der Waals surface area contributed by atoms with Crippen LogP contribution in [0.3, 0.4) is 0 Å². The minimum atomic E-state index is 0.441. The summed E-state index contributed by atoms with van der Waals surface area (Å²) in [6, 6.07) is 4.65. The Balaban J connectivity index is 1.85. The van der Waals surface area contributed by atoms with Crippen molar-refractivity contribution in [3.8, 4) is 22.3 Å². The lowest BCUT2D eigenvalue weighted by atomic mass is 10.0. The van der Waals surface area contributed by atoms with E-state index in [1.807, 2.05) is 41.6 Å². The van der Waals surface area contributed by atoms with E-state index >= 15 is 0 Å². The third-order valence-corrected chi connectivity index (χ3v) is 4.57. The van der Waals surface area contributed by atoms with Crippen molar-refractivity contribution in [2.45, 2.75) is 32.7 Å². The molecule has 0 bridgehead atoms. The van der Waals surface area contributed by atoms with Gasteiger partial charge in [-0.05, 0) is 25.0 Å². The normalized spacial score (nSPS) is 11.6. The molecule has 1 N–H and O–H groups in total. The Morgan fingerprint density at radius 1 is 1.04 bits per heavy atom. The van der Waals surface area contributed by atoms with Crippen LogP contribution < -0.4 is 0 Å². The first kappa shape index (κ1) is 14.7. The molecule has 0 amide bonds. The summed E-state index contributed by atoms with van der Waals surface area (Å²) in [6.45, 7) is 4.40.